The van der Waals surface area contributed by atoms with E-state index in [-0.39, 0.29) is 0 Å². The Morgan fingerprint density at radius 2 is 0.175 bits per heavy atom. The summed E-state index contributed by atoms with van der Waals surface area (Å²) in [5, 5.41) is 17.5. The number of hydrogen-bond donors (Lipinski definition) is 0. The minimum atomic E-state index is 1.39. The first-order valence-corrected chi connectivity index (χ1v) is 30.0. The molecule has 0 unspecified atom stereocenters. The molecule has 0 fully saturated rings. The topological polar surface area (TPSA) is 0 Å². The van der Waals surface area contributed by atoms with E-state index in [1.807, 2.05) is 0 Å². The standard InChI is InChI=1S/C50H60B30/c51-21-5-1-3-11(27(21)57)45(75)49(79)47(77)13(3)31(61)29(59)9(1)25(55)23(53)7(5)15-33(63)37(67)17(38(68)34(15)64)19-41(71)43(73)20(44(74)42(19)72)18-39(69)35(65)16(36(66)40(18)70)8-6-2-4-12(28(58)22(6)52)46(76)50(80)48(78)14(4)32(62)30(60)10(2)26(56)24(8)54/h51-80H2. The Kier molecular flexibility index (Phi) is 13.6. The van der Waals surface area contributed by atoms with Crippen molar-refractivity contribution in [3.63, 3.8) is 0 Å². The Morgan fingerprint density at radius 1 is 0.0750 bits per heavy atom. The monoisotopic (exact) mass is 991 g/mol. The molecule has 0 aliphatic carbocycles. The zero-order chi connectivity index (χ0) is 58.9. The van der Waals surface area contributed by atoms with E-state index < -0.39 is 0 Å². The Balaban J connectivity index is 1.15. The van der Waals surface area contributed by atoms with Crippen molar-refractivity contribution in [2.24, 2.45) is 0 Å². The molecule has 11 aromatic carbocycles. The van der Waals surface area contributed by atoms with E-state index >= 15 is 0 Å². The van der Waals surface area contributed by atoms with Gasteiger partial charge in [0.2, 0.25) is 0 Å². The minimum Gasteiger partial charge on any atom is -0.100 e. The van der Waals surface area contributed by atoms with Crippen molar-refractivity contribution in [3.8, 4) is 44.5 Å². The fraction of sp³-hybridized carbons (Fsp3) is 0. The molecule has 0 radical (unpaired) electrons. The molecule has 11 aromatic rings. The van der Waals surface area contributed by atoms with Crippen molar-refractivity contribution in [2.45, 2.75) is 0 Å². The fourth-order valence-electron chi connectivity index (χ4n) is 17.2. The van der Waals surface area contributed by atoms with E-state index in [0.29, 0.717) is 0 Å². The molecule has 0 aromatic heterocycles. The van der Waals surface area contributed by atoms with Gasteiger partial charge in [-0.15, -0.1) is 10.9 Å². The molecule has 350 valence electrons. The van der Waals surface area contributed by atoms with Gasteiger partial charge in [-0.25, -0.2) is 0 Å². The van der Waals surface area contributed by atoms with Crippen LogP contribution in [-0.2, 0) is 0 Å². The molecule has 11 rings (SSSR count). The minimum absolute atomic E-state index is 1.39. The highest BCUT2D eigenvalue weighted by atomic mass is 14.3. The van der Waals surface area contributed by atoms with Crippen molar-refractivity contribution >= 4 is 464 Å². The van der Waals surface area contributed by atoms with E-state index in [1.165, 1.54) is 273 Å². The molecule has 0 spiro atoms. The van der Waals surface area contributed by atoms with Gasteiger partial charge in [0.05, 0.1) is 0 Å². The second-order valence-corrected chi connectivity index (χ2v) is 26.2. The van der Waals surface area contributed by atoms with Crippen LogP contribution in [0.4, 0.5) is 0 Å². The zero-order valence-electron chi connectivity index (χ0n) is 55.0. The summed E-state index contributed by atoms with van der Waals surface area (Å²) in [5.41, 5.74) is 53.8. The van der Waals surface area contributed by atoms with Crippen molar-refractivity contribution in [2.75, 3.05) is 0 Å². The Bertz CT molecular complexity index is 4370. The van der Waals surface area contributed by atoms with Gasteiger partial charge >= 0.3 is 0 Å². The summed E-state index contributed by atoms with van der Waals surface area (Å²) in [6, 6.07) is 0. The SMILES string of the molecule is Bc1c(B)c(-c2c(B)c(B)c(-c3c(B)c(B)c4c(B)c(B)c5c(B)c(B)c(B)c6c(B)c(B)c3c4c56)c(B)c2B)c(B)c(B)c1-c1c(B)c(B)c(-c2c(B)c(B)c3c(B)c(B)c4c(B)c(B)c(B)c5c(B)c(B)c2c3c45)c(B)c1B. The number of hydrogen-bond acceptors (Lipinski definition) is 0. The van der Waals surface area contributed by atoms with E-state index in [4.69, 9.17) is 0 Å². The van der Waals surface area contributed by atoms with E-state index in [0.717, 1.165) is 0 Å². The van der Waals surface area contributed by atoms with Crippen LogP contribution in [0.25, 0.3) is 109 Å². The summed E-state index contributed by atoms with van der Waals surface area (Å²) < 4.78 is 0. The molecule has 0 saturated carbocycles. The van der Waals surface area contributed by atoms with Gasteiger partial charge in [0.15, 0.2) is 0 Å². The van der Waals surface area contributed by atoms with Crippen LogP contribution in [0.2, 0.25) is 0 Å². The predicted octanol–water partition coefficient (Wildman–Crippen LogP) is -38.1. The number of benzene rings is 11. The van der Waals surface area contributed by atoms with Crippen LogP contribution in [0.1, 0.15) is 0 Å². The average Bonchev–Trinajstić information content (AvgIpc) is 2.55. The summed E-state index contributed by atoms with van der Waals surface area (Å²) in [7, 11) is 72.0. The average molecular weight is 985 g/mol. The molecule has 0 nitrogen and oxygen atoms in total. The van der Waals surface area contributed by atoms with Gasteiger partial charge < -0.3 is 0 Å². The maximum atomic E-state index is 2.43. The Labute approximate surface area is 504 Å². The third-order valence-corrected chi connectivity index (χ3v) is 23.5. The second-order valence-electron chi connectivity index (χ2n) is 26.2. The summed E-state index contributed by atoms with van der Waals surface area (Å²) in [4.78, 5) is 0. The molecular weight excluding hydrogens is 925 g/mol. The molecule has 0 aliphatic heterocycles. The molecule has 80 heavy (non-hydrogen) atoms. The lowest BCUT2D eigenvalue weighted by Gasteiger charge is -2.33. The molecule has 30 heteroatoms. The van der Waals surface area contributed by atoms with Crippen LogP contribution >= 0.6 is 0 Å². The van der Waals surface area contributed by atoms with Gasteiger partial charge in [-0.05, 0) is 109 Å². The van der Waals surface area contributed by atoms with Crippen LogP contribution in [0.5, 0.6) is 0 Å². The van der Waals surface area contributed by atoms with E-state index in [2.05, 4.69) is 235 Å². The highest BCUT2D eigenvalue weighted by Gasteiger charge is 2.32. The summed E-state index contributed by atoms with van der Waals surface area (Å²) >= 11 is 0. The van der Waals surface area contributed by atoms with Crippen molar-refractivity contribution in [1.82, 2.24) is 0 Å². The lowest BCUT2D eigenvalue weighted by Crippen LogP contribution is -2.53. The van der Waals surface area contributed by atoms with Gasteiger partial charge in [0.25, 0.3) is 0 Å². The van der Waals surface area contributed by atoms with Crippen LogP contribution in [0.15, 0.2) is 0 Å². The lowest BCUT2D eigenvalue weighted by molar-refractivity contribution is 1.81. The maximum Gasteiger partial charge on any atom is 0.139 e. The van der Waals surface area contributed by atoms with Gasteiger partial charge in [0, 0.05) is 0 Å². The fourth-order valence-corrected chi connectivity index (χ4v) is 17.2. The quantitative estimate of drug-likeness (QED) is 0.122. The smallest absolute Gasteiger partial charge is 0.100 e. The van der Waals surface area contributed by atoms with E-state index in [9.17, 15) is 0 Å². The van der Waals surface area contributed by atoms with E-state index in [1.54, 1.807) is 0 Å². The second kappa shape index (κ2) is 19.0. The first-order chi connectivity index (χ1) is 37.3. The summed E-state index contributed by atoms with van der Waals surface area (Å²) in [5.74, 6) is 0. The highest BCUT2D eigenvalue weighted by molar-refractivity contribution is 6.79. The molecule has 0 N–H and O–H groups in total. The Hall–Kier alpha value is -4.55. The van der Waals surface area contributed by atoms with Crippen molar-refractivity contribution in [3.05, 3.63) is 0 Å². The molecule has 0 aliphatic rings. The van der Waals surface area contributed by atoms with Crippen molar-refractivity contribution < 1.29 is 0 Å². The lowest BCUT2D eigenvalue weighted by atomic mass is 9.54. The summed E-state index contributed by atoms with van der Waals surface area (Å²) in [6.07, 6.45) is 0. The molecule has 0 heterocycles. The van der Waals surface area contributed by atoms with Crippen LogP contribution in [-0.4, -0.2) is 235 Å². The largest absolute Gasteiger partial charge is 0.139 e. The highest BCUT2D eigenvalue weighted by Crippen LogP contribution is 2.35. The van der Waals surface area contributed by atoms with Crippen molar-refractivity contribution in [1.29, 1.82) is 0 Å². The first kappa shape index (κ1) is 57.3. The van der Waals surface area contributed by atoms with Gasteiger partial charge in [-0.1, -0.05) is 153 Å². The summed E-state index contributed by atoms with van der Waals surface area (Å²) in [6.45, 7) is 0. The van der Waals surface area contributed by atoms with Crippen LogP contribution in [0, 0.1) is 0 Å². The third-order valence-electron chi connectivity index (χ3n) is 23.5. The van der Waals surface area contributed by atoms with Gasteiger partial charge in [0.1, 0.15) is 235 Å². The normalized spacial score (nSPS) is 12.0. The van der Waals surface area contributed by atoms with Gasteiger partial charge in [-0.3, -0.25) is 0 Å². The molecule has 0 saturated heterocycles. The zero-order valence-corrected chi connectivity index (χ0v) is 55.0. The number of rotatable bonds is 4. The first-order valence-electron chi connectivity index (χ1n) is 30.0. The molecule has 0 amide bonds. The maximum absolute atomic E-state index is 2.43. The molecule has 0 bridgehead atoms. The molecular formula is C50H60B30. The van der Waals surface area contributed by atoms with Crippen LogP contribution in [0.3, 0.4) is 0 Å². The van der Waals surface area contributed by atoms with Gasteiger partial charge in [-0.2, -0.15) is 0 Å². The predicted molar refractivity (Wildman–Crippen MR) is 461 cm³/mol. The third kappa shape index (κ3) is 6.95. The van der Waals surface area contributed by atoms with Crippen LogP contribution < -0.4 is 164 Å². The Morgan fingerprint density at radius 3 is 0.350 bits per heavy atom. The molecule has 0 atom stereocenters.